The number of nitrogens with zero attached hydrogens (tertiary/aromatic N) is 2. The van der Waals surface area contributed by atoms with E-state index in [1.165, 1.54) is 0 Å². The molecule has 0 aliphatic heterocycles. The average Bonchev–Trinajstić information content (AvgIpc) is 2.72. The maximum atomic E-state index is 9.99. The summed E-state index contributed by atoms with van der Waals surface area (Å²) >= 11 is 0. The molecular weight excluding hydrogens is 362 g/mol. The lowest BCUT2D eigenvalue weighted by Gasteiger charge is -2.11. The van der Waals surface area contributed by atoms with Crippen molar-refractivity contribution in [1.82, 2.24) is 9.88 Å². The fourth-order valence-corrected chi connectivity index (χ4v) is 3.04. The molecule has 0 fully saturated rings. The number of nitrogens with one attached hydrogen (secondary N) is 1. The first-order valence-corrected chi connectivity index (χ1v) is 9.87. The second kappa shape index (κ2) is 9.94. The number of benzene rings is 2. The number of aromatic nitrogens is 1. The van der Waals surface area contributed by atoms with Crippen LogP contribution >= 0.6 is 0 Å². The molecule has 2 N–H and O–H groups in total. The Bertz CT molecular complexity index is 924. The molecule has 29 heavy (non-hydrogen) atoms. The summed E-state index contributed by atoms with van der Waals surface area (Å²) < 4.78 is 5.76. The van der Waals surface area contributed by atoms with Gasteiger partial charge in [-0.05, 0) is 68.9 Å². The largest absolute Gasteiger partial charge is 0.506 e. The predicted molar refractivity (Wildman–Crippen MR) is 119 cm³/mol. The lowest BCUT2D eigenvalue weighted by Crippen LogP contribution is -2.15. The Morgan fingerprint density at radius 2 is 1.93 bits per heavy atom. The number of rotatable bonds is 9. The maximum Gasteiger partial charge on any atom is 0.138 e. The second-order valence-corrected chi connectivity index (χ2v) is 7.46. The van der Waals surface area contributed by atoms with Gasteiger partial charge < -0.3 is 20.1 Å². The van der Waals surface area contributed by atoms with Gasteiger partial charge in [0.2, 0.25) is 0 Å². The average molecular weight is 392 g/mol. The first-order valence-electron chi connectivity index (χ1n) is 9.87. The molecule has 152 valence electrons. The van der Waals surface area contributed by atoms with Crippen molar-refractivity contribution in [2.45, 2.75) is 19.9 Å². The highest BCUT2D eigenvalue weighted by atomic mass is 16.5. The minimum Gasteiger partial charge on any atom is -0.506 e. The van der Waals surface area contributed by atoms with Gasteiger partial charge in [0.25, 0.3) is 0 Å². The molecule has 1 heterocycles. The molecule has 3 aromatic rings. The van der Waals surface area contributed by atoms with Gasteiger partial charge in [-0.3, -0.25) is 4.98 Å². The van der Waals surface area contributed by atoms with Gasteiger partial charge in [-0.1, -0.05) is 24.3 Å². The summed E-state index contributed by atoms with van der Waals surface area (Å²) in [5.41, 5.74) is 4.92. The number of hydrogen-bond donors (Lipinski definition) is 2. The number of anilines is 1. The van der Waals surface area contributed by atoms with E-state index in [9.17, 15) is 5.11 Å². The molecule has 0 saturated heterocycles. The van der Waals surface area contributed by atoms with Crippen LogP contribution in [0.15, 0.2) is 60.8 Å². The Kier molecular flexibility index (Phi) is 7.09. The zero-order valence-electron chi connectivity index (χ0n) is 17.4. The molecule has 0 bridgehead atoms. The minimum atomic E-state index is 0.259. The normalized spacial score (nSPS) is 10.9. The van der Waals surface area contributed by atoms with E-state index in [0.29, 0.717) is 13.2 Å². The Morgan fingerprint density at radius 1 is 1.07 bits per heavy atom. The van der Waals surface area contributed by atoms with Crippen LogP contribution in [0.2, 0.25) is 0 Å². The van der Waals surface area contributed by atoms with Crippen molar-refractivity contribution in [3.63, 3.8) is 0 Å². The molecule has 0 amide bonds. The van der Waals surface area contributed by atoms with Crippen LogP contribution in [0.5, 0.6) is 11.5 Å². The Labute approximate surface area is 173 Å². The van der Waals surface area contributed by atoms with Crippen LogP contribution in [-0.4, -0.2) is 42.2 Å². The van der Waals surface area contributed by atoms with Crippen molar-refractivity contribution >= 4 is 5.69 Å². The zero-order chi connectivity index (χ0) is 20.6. The van der Waals surface area contributed by atoms with Crippen LogP contribution < -0.4 is 10.1 Å². The topological polar surface area (TPSA) is 57.6 Å². The Balaban J connectivity index is 1.60. The zero-order valence-corrected chi connectivity index (χ0v) is 17.4. The van der Waals surface area contributed by atoms with Gasteiger partial charge in [-0.2, -0.15) is 0 Å². The third kappa shape index (κ3) is 6.22. The maximum absolute atomic E-state index is 9.99. The van der Waals surface area contributed by atoms with Gasteiger partial charge in [0.05, 0.1) is 24.2 Å². The van der Waals surface area contributed by atoms with Crippen LogP contribution in [0.4, 0.5) is 5.69 Å². The van der Waals surface area contributed by atoms with E-state index in [-0.39, 0.29) is 5.75 Å². The number of ether oxygens (including phenoxy) is 1. The highest BCUT2D eigenvalue weighted by Crippen LogP contribution is 2.25. The lowest BCUT2D eigenvalue weighted by molar-refractivity contribution is 0.281. The van der Waals surface area contributed by atoms with Gasteiger partial charge >= 0.3 is 0 Å². The van der Waals surface area contributed by atoms with Crippen LogP contribution in [-0.2, 0) is 6.54 Å². The predicted octanol–water partition coefficient (Wildman–Crippen LogP) is 4.71. The smallest absolute Gasteiger partial charge is 0.138 e. The van der Waals surface area contributed by atoms with Crippen LogP contribution in [0.25, 0.3) is 11.3 Å². The summed E-state index contributed by atoms with van der Waals surface area (Å²) in [5.74, 6) is 1.05. The molecule has 0 atom stereocenters. The molecule has 1 aromatic heterocycles. The molecule has 2 aromatic carbocycles. The summed E-state index contributed by atoms with van der Waals surface area (Å²) in [4.78, 5) is 6.70. The highest BCUT2D eigenvalue weighted by Gasteiger charge is 2.04. The Morgan fingerprint density at radius 3 is 2.69 bits per heavy atom. The third-order valence-electron chi connectivity index (χ3n) is 4.61. The van der Waals surface area contributed by atoms with Gasteiger partial charge in [0.1, 0.15) is 11.5 Å². The van der Waals surface area contributed by atoms with Crippen molar-refractivity contribution in [3.8, 4) is 22.8 Å². The number of hydrogen-bond acceptors (Lipinski definition) is 5. The molecule has 5 nitrogen and oxygen atoms in total. The van der Waals surface area contributed by atoms with Crippen LogP contribution in [0.3, 0.4) is 0 Å². The van der Waals surface area contributed by atoms with E-state index >= 15 is 0 Å². The van der Waals surface area contributed by atoms with Crippen molar-refractivity contribution in [3.05, 3.63) is 71.9 Å². The van der Waals surface area contributed by atoms with E-state index < -0.39 is 0 Å². The molecule has 5 heteroatoms. The summed E-state index contributed by atoms with van der Waals surface area (Å²) in [6, 6.07) is 17.7. The SMILES string of the molecule is Cc1ccc(O)c(NCc2cccc(-c3ccc(OCCCN(C)C)cn3)c2)c1. The van der Waals surface area contributed by atoms with E-state index in [2.05, 4.69) is 41.4 Å². The lowest BCUT2D eigenvalue weighted by atomic mass is 10.1. The molecule has 0 unspecified atom stereocenters. The fraction of sp³-hybridized carbons (Fsp3) is 0.292. The Hall–Kier alpha value is -3.05. The van der Waals surface area contributed by atoms with Crippen molar-refractivity contribution in [2.75, 3.05) is 32.6 Å². The minimum absolute atomic E-state index is 0.259. The van der Waals surface area contributed by atoms with Gasteiger partial charge in [0.15, 0.2) is 0 Å². The molecular formula is C24H29N3O2. The van der Waals surface area contributed by atoms with E-state index in [1.54, 1.807) is 12.3 Å². The van der Waals surface area contributed by atoms with Crippen molar-refractivity contribution in [2.24, 2.45) is 0 Å². The van der Waals surface area contributed by atoms with E-state index in [0.717, 1.165) is 46.8 Å². The number of aromatic hydroxyl groups is 1. The highest BCUT2D eigenvalue weighted by molar-refractivity contribution is 5.61. The summed E-state index contributed by atoms with van der Waals surface area (Å²) in [7, 11) is 4.12. The number of pyridine rings is 1. The molecule has 0 aliphatic rings. The molecule has 0 radical (unpaired) electrons. The van der Waals surface area contributed by atoms with Crippen molar-refractivity contribution < 1.29 is 9.84 Å². The quantitative estimate of drug-likeness (QED) is 0.409. The monoisotopic (exact) mass is 391 g/mol. The van der Waals surface area contributed by atoms with Gasteiger partial charge in [-0.25, -0.2) is 0 Å². The molecule has 0 aliphatic carbocycles. The summed E-state index contributed by atoms with van der Waals surface area (Å²) in [6.45, 7) is 4.32. The third-order valence-corrected chi connectivity index (χ3v) is 4.61. The van der Waals surface area contributed by atoms with Gasteiger partial charge in [0, 0.05) is 18.7 Å². The van der Waals surface area contributed by atoms with Crippen LogP contribution in [0.1, 0.15) is 17.5 Å². The van der Waals surface area contributed by atoms with Crippen molar-refractivity contribution in [1.29, 1.82) is 0 Å². The summed E-state index contributed by atoms with van der Waals surface area (Å²) in [5, 5.41) is 13.3. The number of phenols is 1. The number of aryl methyl sites for hydroxylation is 1. The first kappa shape index (κ1) is 20.7. The fourth-order valence-electron chi connectivity index (χ4n) is 3.04. The molecule has 0 spiro atoms. The molecule has 0 saturated carbocycles. The van der Waals surface area contributed by atoms with Crippen LogP contribution in [0, 0.1) is 6.92 Å². The number of phenolic OH excluding ortho intramolecular Hbond substituents is 1. The molecule has 3 rings (SSSR count). The first-order chi connectivity index (χ1) is 14.0. The standard InChI is InChI=1S/C24H29N3O2/c1-18-8-11-24(28)23(14-18)25-16-19-6-4-7-20(15-19)22-10-9-21(17-26-22)29-13-5-12-27(2)3/h4,6-11,14-15,17,25,28H,5,12-13,16H2,1-3H3. The summed E-state index contributed by atoms with van der Waals surface area (Å²) in [6.07, 6.45) is 2.76. The van der Waals surface area contributed by atoms with Gasteiger partial charge in [-0.15, -0.1) is 0 Å². The van der Waals surface area contributed by atoms with E-state index in [4.69, 9.17) is 4.74 Å². The van der Waals surface area contributed by atoms with E-state index in [1.807, 2.05) is 43.3 Å². The second-order valence-electron chi connectivity index (χ2n) is 7.46.